The van der Waals surface area contributed by atoms with Gasteiger partial charge in [0.05, 0.1) is 0 Å². The van der Waals surface area contributed by atoms with Crippen LogP contribution >= 0.6 is 0 Å². The molecule has 0 aliphatic rings. The van der Waals surface area contributed by atoms with Crippen molar-refractivity contribution in [3.63, 3.8) is 0 Å². The molecule has 3 N–H and O–H groups in total. The van der Waals surface area contributed by atoms with E-state index in [2.05, 4.69) is 15.5 Å². The first kappa shape index (κ1) is 17.0. The molecule has 1 aromatic heterocycles. The number of carbonyl (C=O) groups excluding carboxylic acids is 1. The summed E-state index contributed by atoms with van der Waals surface area (Å²) in [5, 5.41) is 19.1. The smallest absolute Gasteiger partial charge is 0.271 e. The maximum absolute atomic E-state index is 12.7. The number of nitrogens with zero attached hydrogens (tertiary/aromatic N) is 1. The lowest BCUT2D eigenvalue weighted by atomic mass is 10.1. The maximum Gasteiger partial charge on any atom is 0.271 e. The molecule has 2 aromatic rings. The van der Waals surface area contributed by atoms with Crippen molar-refractivity contribution in [2.75, 3.05) is 13.2 Å². The molecule has 0 fully saturated rings. The zero-order chi connectivity index (χ0) is 16.8. The molecular formula is C16H20FN3O3. The molecule has 1 unspecified atom stereocenters. The van der Waals surface area contributed by atoms with E-state index in [0.717, 1.165) is 5.69 Å². The highest BCUT2D eigenvalue weighted by Crippen LogP contribution is 2.12. The summed E-state index contributed by atoms with van der Waals surface area (Å²) in [4.78, 5) is 11.9. The Bertz CT molecular complexity index is 640. The standard InChI is InChI=1S/C16H20FN3O3/c1-10(2)14-7-15(20-19-14)16(22)18-8-12(21)9-23-13-5-3-11(17)4-6-13/h3-7,10,12,21H,8-9H2,1-2H3,(H,18,22)(H,19,20). The van der Waals surface area contributed by atoms with Gasteiger partial charge < -0.3 is 15.2 Å². The summed E-state index contributed by atoms with van der Waals surface area (Å²) < 4.78 is 18.1. The van der Waals surface area contributed by atoms with Gasteiger partial charge >= 0.3 is 0 Å². The van der Waals surface area contributed by atoms with Crippen molar-refractivity contribution >= 4 is 5.91 Å². The minimum atomic E-state index is -0.882. The minimum Gasteiger partial charge on any atom is -0.491 e. The van der Waals surface area contributed by atoms with Crippen LogP contribution in [0.1, 0.15) is 35.9 Å². The van der Waals surface area contributed by atoms with Crippen LogP contribution in [0.4, 0.5) is 4.39 Å². The first-order valence-electron chi connectivity index (χ1n) is 7.35. The molecule has 0 aliphatic carbocycles. The van der Waals surface area contributed by atoms with Crippen LogP contribution in [0.3, 0.4) is 0 Å². The van der Waals surface area contributed by atoms with Gasteiger partial charge in [-0.25, -0.2) is 4.39 Å². The van der Waals surface area contributed by atoms with Gasteiger partial charge in [0.25, 0.3) is 5.91 Å². The van der Waals surface area contributed by atoms with E-state index in [1.54, 1.807) is 6.07 Å². The maximum atomic E-state index is 12.7. The molecule has 2 rings (SSSR count). The van der Waals surface area contributed by atoms with Gasteiger partial charge in [0.2, 0.25) is 0 Å². The van der Waals surface area contributed by atoms with E-state index in [0.29, 0.717) is 5.75 Å². The molecule has 124 valence electrons. The Hall–Kier alpha value is -2.41. The third kappa shape index (κ3) is 5.07. The molecule has 0 bridgehead atoms. The van der Waals surface area contributed by atoms with E-state index < -0.39 is 6.10 Å². The molecule has 6 nitrogen and oxygen atoms in total. The van der Waals surface area contributed by atoms with E-state index in [1.165, 1.54) is 24.3 Å². The first-order chi connectivity index (χ1) is 11.0. The van der Waals surface area contributed by atoms with Crippen molar-refractivity contribution < 1.29 is 19.0 Å². The molecule has 0 saturated carbocycles. The molecule has 1 amide bonds. The summed E-state index contributed by atoms with van der Waals surface area (Å²) in [5.74, 6) is -0.0247. The SMILES string of the molecule is CC(C)c1cc(C(=O)NCC(O)COc2ccc(F)cc2)n[nH]1. The highest BCUT2D eigenvalue weighted by atomic mass is 19.1. The van der Waals surface area contributed by atoms with Crippen molar-refractivity contribution in [2.24, 2.45) is 0 Å². The predicted molar refractivity (Wildman–Crippen MR) is 82.9 cm³/mol. The summed E-state index contributed by atoms with van der Waals surface area (Å²) in [6, 6.07) is 7.16. The fourth-order valence-electron chi connectivity index (χ4n) is 1.83. The van der Waals surface area contributed by atoms with Gasteiger partial charge in [0.15, 0.2) is 0 Å². The molecule has 0 aliphatic heterocycles. The Morgan fingerprint density at radius 2 is 2.09 bits per heavy atom. The van der Waals surface area contributed by atoms with Crippen molar-refractivity contribution in [1.82, 2.24) is 15.5 Å². The molecule has 1 atom stereocenters. The number of halogens is 1. The normalized spacial score (nSPS) is 12.2. The summed E-state index contributed by atoms with van der Waals surface area (Å²) >= 11 is 0. The summed E-state index contributed by atoms with van der Waals surface area (Å²) in [6.45, 7) is 4.01. The van der Waals surface area contributed by atoms with Crippen LogP contribution < -0.4 is 10.1 Å². The van der Waals surface area contributed by atoms with E-state index >= 15 is 0 Å². The average Bonchev–Trinajstić information content (AvgIpc) is 3.02. The van der Waals surface area contributed by atoms with Crippen molar-refractivity contribution in [3.8, 4) is 5.75 Å². The summed E-state index contributed by atoms with van der Waals surface area (Å²) in [7, 11) is 0. The van der Waals surface area contributed by atoms with E-state index in [-0.39, 0.29) is 36.5 Å². The predicted octanol–water partition coefficient (Wildman–Crippen LogP) is 1.84. The largest absolute Gasteiger partial charge is 0.491 e. The topological polar surface area (TPSA) is 87.2 Å². The quantitative estimate of drug-likeness (QED) is 0.726. The van der Waals surface area contributed by atoms with E-state index in [9.17, 15) is 14.3 Å². The van der Waals surface area contributed by atoms with E-state index in [4.69, 9.17) is 4.74 Å². The Morgan fingerprint density at radius 1 is 1.39 bits per heavy atom. The molecule has 0 saturated heterocycles. The van der Waals surface area contributed by atoms with Crippen molar-refractivity contribution in [2.45, 2.75) is 25.9 Å². The number of amides is 1. The third-order valence-corrected chi connectivity index (χ3v) is 3.21. The van der Waals surface area contributed by atoms with Crippen LogP contribution in [0.15, 0.2) is 30.3 Å². The van der Waals surface area contributed by atoms with Gasteiger partial charge in [0, 0.05) is 12.2 Å². The van der Waals surface area contributed by atoms with Crippen LogP contribution in [-0.2, 0) is 0 Å². The van der Waals surface area contributed by atoms with Gasteiger partial charge in [-0.05, 0) is 36.2 Å². The van der Waals surface area contributed by atoms with Crippen molar-refractivity contribution in [3.05, 3.63) is 47.5 Å². The minimum absolute atomic E-state index is 0.0102. The average molecular weight is 321 g/mol. The second-order valence-electron chi connectivity index (χ2n) is 5.49. The number of ether oxygens (including phenoxy) is 1. The zero-order valence-corrected chi connectivity index (χ0v) is 13.0. The van der Waals surface area contributed by atoms with Crippen LogP contribution in [0.5, 0.6) is 5.75 Å². The van der Waals surface area contributed by atoms with Crippen LogP contribution in [0, 0.1) is 5.82 Å². The van der Waals surface area contributed by atoms with Crippen LogP contribution in [-0.4, -0.2) is 40.5 Å². The second-order valence-corrected chi connectivity index (χ2v) is 5.49. The Labute approximate surface area is 133 Å². The van der Waals surface area contributed by atoms with Crippen LogP contribution in [0.2, 0.25) is 0 Å². The highest BCUT2D eigenvalue weighted by molar-refractivity contribution is 5.92. The number of nitrogens with one attached hydrogen (secondary N) is 2. The van der Waals surface area contributed by atoms with Gasteiger partial charge in [-0.15, -0.1) is 0 Å². The third-order valence-electron chi connectivity index (χ3n) is 3.21. The molecule has 1 aromatic carbocycles. The van der Waals surface area contributed by atoms with Crippen molar-refractivity contribution in [1.29, 1.82) is 0 Å². The lowest BCUT2D eigenvalue weighted by Gasteiger charge is -2.12. The zero-order valence-electron chi connectivity index (χ0n) is 13.0. The van der Waals surface area contributed by atoms with E-state index in [1.807, 2.05) is 13.8 Å². The molecule has 0 radical (unpaired) electrons. The monoisotopic (exact) mass is 321 g/mol. The van der Waals surface area contributed by atoms with Gasteiger partial charge in [-0.2, -0.15) is 5.10 Å². The Kier molecular flexibility index (Phi) is 5.70. The summed E-state index contributed by atoms with van der Waals surface area (Å²) in [6.07, 6.45) is -0.882. The fraction of sp³-hybridized carbons (Fsp3) is 0.375. The number of H-pyrrole nitrogens is 1. The molecule has 0 spiro atoms. The molecule has 23 heavy (non-hydrogen) atoms. The molecular weight excluding hydrogens is 301 g/mol. The number of hydrogen-bond donors (Lipinski definition) is 3. The summed E-state index contributed by atoms with van der Waals surface area (Å²) in [5.41, 5.74) is 1.15. The number of aliphatic hydroxyl groups excluding tert-OH is 1. The second kappa shape index (κ2) is 7.73. The number of hydrogen-bond acceptors (Lipinski definition) is 4. The number of carbonyl (C=O) groups is 1. The highest BCUT2D eigenvalue weighted by Gasteiger charge is 2.14. The molecule has 1 heterocycles. The first-order valence-corrected chi connectivity index (χ1v) is 7.35. The lowest BCUT2D eigenvalue weighted by Crippen LogP contribution is -2.35. The van der Waals surface area contributed by atoms with Gasteiger partial charge in [0.1, 0.15) is 30.0 Å². The van der Waals surface area contributed by atoms with Gasteiger partial charge in [-0.1, -0.05) is 13.8 Å². The Morgan fingerprint density at radius 3 is 2.70 bits per heavy atom. The number of aliphatic hydroxyl groups is 1. The lowest BCUT2D eigenvalue weighted by molar-refractivity contribution is 0.0839. The number of benzene rings is 1. The Balaban J connectivity index is 1.75. The number of aromatic nitrogens is 2. The van der Waals surface area contributed by atoms with Gasteiger partial charge in [-0.3, -0.25) is 9.89 Å². The number of aromatic amines is 1. The molecule has 7 heteroatoms. The van der Waals surface area contributed by atoms with Crippen LogP contribution in [0.25, 0.3) is 0 Å². The fourth-order valence-corrected chi connectivity index (χ4v) is 1.83. The number of rotatable bonds is 7.